The lowest BCUT2D eigenvalue weighted by atomic mass is 10.0. The lowest BCUT2D eigenvalue weighted by Crippen LogP contribution is -1.98. The number of hydrogen-bond acceptors (Lipinski definition) is 2. The van der Waals surface area contributed by atoms with Crippen LogP contribution in [0.15, 0.2) is 29.8 Å². The van der Waals surface area contributed by atoms with Crippen LogP contribution in [0.1, 0.15) is 32.3 Å². The molecule has 0 aliphatic carbocycles. The van der Waals surface area contributed by atoms with E-state index in [9.17, 15) is 4.79 Å². The third-order valence-corrected chi connectivity index (χ3v) is 2.52. The summed E-state index contributed by atoms with van der Waals surface area (Å²) in [5, 5.41) is 0. The van der Waals surface area contributed by atoms with Gasteiger partial charge in [-0.05, 0) is 35.8 Å². The van der Waals surface area contributed by atoms with E-state index in [1.165, 1.54) is 0 Å². The molecule has 1 aromatic rings. The van der Waals surface area contributed by atoms with Gasteiger partial charge in [0.1, 0.15) is 5.75 Å². The minimum atomic E-state index is 0.221. The molecule has 0 aromatic heterocycles. The molecule has 0 aliphatic heterocycles. The van der Waals surface area contributed by atoms with Crippen molar-refractivity contribution in [3.8, 4) is 5.75 Å². The summed E-state index contributed by atoms with van der Waals surface area (Å²) in [6.07, 6.45) is 3.29. The second-order valence-corrected chi connectivity index (χ2v) is 3.57. The van der Waals surface area contributed by atoms with Crippen LogP contribution in [-0.4, -0.2) is 12.9 Å². The van der Waals surface area contributed by atoms with Crippen LogP contribution in [0.2, 0.25) is 0 Å². The maximum atomic E-state index is 11.6. The second-order valence-electron chi connectivity index (χ2n) is 3.57. The second kappa shape index (κ2) is 6.11. The van der Waals surface area contributed by atoms with E-state index >= 15 is 0 Å². The summed E-state index contributed by atoms with van der Waals surface area (Å²) in [7, 11) is 1.64. The molecule has 0 saturated heterocycles. The van der Waals surface area contributed by atoms with Crippen molar-refractivity contribution < 1.29 is 9.53 Å². The molecule has 2 heteroatoms. The van der Waals surface area contributed by atoms with Crippen molar-refractivity contribution in [3.05, 3.63) is 35.4 Å². The van der Waals surface area contributed by atoms with Crippen molar-refractivity contribution in [2.75, 3.05) is 7.11 Å². The number of ether oxygens (including phenoxy) is 1. The number of allylic oxidation sites excluding steroid dienone is 1. The van der Waals surface area contributed by atoms with Gasteiger partial charge in [0, 0.05) is 6.42 Å². The van der Waals surface area contributed by atoms with Gasteiger partial charge in [-0.25, -0.2) is 0 Å². The van der Waals surface area contributed by atoms with Gasteiger partial charge in [-0.2, -0.15) is 0 Å². The van der Waals surface area contributed by atoms with Crippen LogP contribution < -0.4 is 4.74 Å². The van der Waals surface area contributed by atoms with Gasteiger partial charge in [0.2, 0.25) is 0 Å². The molecule has 0 spiro atoms. The number of carbonyl (C=O) groups is 1. The Morgan fingerprint density at radius 3 is 2.25 bits per heavy atom. The molecule has 0 heterocycles. The molecule has 0 saturated carbocycles. The zero-order chi connectivity index (χ0) is 12.0. The van der Waals surface area contributed by atoms with E-state index < -0.39 is 0 Å². The fraction of sp³-hybridized carbons (Fsp3) is 0.357. The van der Waals surface area contributed by atoms with Gasteiger partial charge in [0.25, 0.3) is 0 Å². The van der Waals surface area contributed by atoms with Gasteiger partial charge < -0.3 is 4.74 Å². The molecule has 0 atom stereocenters. The first kappa shape index (κ1) is 12.5. The number of carbonyl (C=O) groups excluding carboxylic acids is 1. The minimum Gasteiger partial charge on any atom is -0.497 e. The average molecular weight is 218 g/mol. The molecule has 0 aliphatic rings. The molecular formula is C14H18O2. The Morgan fingerprint density at radius 1 is 1.19 bits per heavy atom. The van der Waals surface area contributed by atoms with Crippen LogP contribution in [-0.2, 0) is 4.79 Å². The maximum absolute atomic E-state index is 11.6. The summed E-state index contributed by atoms with van der Waals surface area (Å²) < 4.78 is 5.08. The average Bonchev–Trinajstić information content (AvgIpc) is 2.35. The fourth-order valence-corrected chi connectivity index (χ4v) is 1.51. The Bertz CT molecular complexity index is 374. The van der Waals surface area contributed by atoms with Crippen LogP contribution in [0.3, 0.4) is 0 Å². The highest BCUT2D eigenvalue weighted by Gasteiger charge is 2.04. The Morgan fingerprint density at radius 2 is 1.81 bits per heavy atom. The number of benzene rings is 1. The molecule has 86 valence electrons. The molecule has 2 nitrogen and oxygen atoms in total. The van der Waals surface area contributed by atoms with Gasteiger partial charge in [-0.3, -0.25) is 4.79 Å². The number of ketones is 1. The Balaban J connectivity index is 2.91. The standard InChI is InChI=1S/C14H18O2/c1-4-12(14(15)5-2)10-11-6-8-13(16-3)9-7-11/h6-10H,4-5H2,1-3H3/b12-10+. The first-order chi connectivity index (χ1) is 7.71. The van der Waals surface area contributed by atoms with Crippen molar-refractivity contribution in [2.45, 2.75) is 26.7 Å². The quantitative estimate of drug-likeness (QED) is 0.707. The van der Waals surface area contributed by atoms with Crippen LogP contribution in [0.25, 0.3) is 6.08 Å². The largest absolute Gasteiger partial charge is 0.497 e. The lowest BCUT2D eigenvalue weighted by Gasteiger charge is -2.03. The van der Waals surface area contributed by atoms with Crippen molar-refractivity contribution in [1.29, 1.82) is 0 Å². The number of methoxy groups -OCH3 is 1. The molecule has 0 N–H and O–H groups in total. The van der Waals surface area contributed by atoms with Crippen LogP contribution in [0.4, 0.5) is 0 Å². The summed E-state index contributed by atoms with van der Waals surface area (Å²) in [5.41, 5.74) is 1.92. The molecule has 0 amide bonds. The topological polar surface area (TPSA) is 26.3 Å². The van der Waals surface area contributed by atoms with Crippen molar-refractivity contribution >= 4 is 11.9 Å². The summed E-state index contributed by atoms with van der Waals surface area (Å²) in [5.74, 6) is 1.05. The first-order valence-electron chi connectivity index (χ1n) is 5.59. The molecular weight excluding hydrogens is 200 g/mol. The molecule has 0 unspecified atom stereocenters. The zero-order valence-corrected chi connectivity index (χ0v) is 10.1. The summed E-state index contributed by atoms with van der Waals surface area (Å²) in [4.78, 5) is 11.6. The molecule has 1 aromatic carbocycles. The summed E-state index contributed by atoms with van der Waals surface area (Å²) >= 11 is 0. The van der Waals surface area contributed by atoms with Gasteiger partial charge >= 0.3 is 0 Å². The zero-order valence-electron chi connectivity index (χ0n) is 10.1. The number of rotatable bonds is 5. The molecule has 16 heavy (non-hydrogen) atoms. The maximum Gasteiger partial charge on any atom is 0.158 e. The van der Waals surface area contributed by atoms with Gasteiger partial charge in [0.15, 0.2) is 5.78 Å². The highest BCUT2D eigenvalue weighted by molar-refractivity contribution is 5.99. The molecule has 1 rings (SSSR count). The van der Waals surface area contributed by atoms with Crippen LogP contribution in [0, 0.1) is 0 Å². The van der Waals surface area contributed by atoms with Crippen LogP contribution >= 0.6 is 0 Å². The van der Waals surface area contributed by atoms with E-state index in [1.54, 1.807) is 7.11 Å². The van der Waals surface area contributed by atoms with E-state index in [2.05, 4.69) is 0 Å². The van der Waals surface area contributed by atoms with E-state index in [0.717, 1.165) is 23.3 Å². The predicted molar refractivity (Wildman–Crippen MR) is 66.6 cm³/mol. The monoisotopic (exact) mass is 218 g/mol. The minimum absolute atomic E-state index is 0.221. The van der Waals surface area contributed by atoms with Crippen molar-refractivity contribution in [2.24, 2.45) is 0 Å². The van der Waals surface area contributed by atoms with E-state index in [-0.39, 0.29) is 5.78 Å². The van der Waals surface area contributed by atoms with Gasteiger partial charge in [-0.1, -0.05) is 26.0 Å². The SMILES string of the molecule is CCC(=O)/C(=C/c1ccc(OC)cc1)CC. The van der Waals surface area contributed by atoms with E-state index in [1.807, 2.05) is 44.2 Å². The van der Waals surface area contributed by atoms with Gasteiger partial charge in [-0.15, -0.1) is 0 Å². The van der Waals surface area contributed by atoms with Crippen molar-refractivity contribution in [1.82, 2.24) is 0 Å². The third kappa shape index (κ3) is 3.23. The number of hydrogen-bond donors (Lipinski definition) is 0. The van der Waals surface area contributed by atoms with E-state index in [0.29, 0.717) is 6.42 Å². The Kier molecular flexibility index (Phi) is 4.77. The highest BCUT2D eigenvalue weighted by atomic mass is 16.5. The predicted octanol–water partition coefficient (Wildman–Crippen LogP) is 3.47. The lowest BCUT2D eigenvalue weighted by molar-refractivity contribution is -0.115. The normalized spacial score (nSPS) is 11.3. The smallest absolute Gasteiger partial charge is 0.158 e. The highest BCUT2D eigenvalue weighted by Crippen LogP contribution is 2.16. The van der Waals surface area contributed by atoms with Crippen LogP contribution in [0.5, 0.6) is 5.75 Å². The number of Topliss-reactive ketones (excluding diaryl/α,β-unsaturated/α-hetero) is 1. The fourth-order valence-electron chi connectivity index (χ4n) is 1.51. The molecule has 0 bridgehead atoms. The third-order valence-electron chi connectivity index (χ3n) is 2.52. The summed E-state index contributed by atoms with van der Waals surface area (Å²) in [6.45, 7) is 3.89. The van der Waals surface area contributed by atoms with Gasteiger partial charge in [0.05, 0.1) is 7.11 Å². The Hall–Kier alpha value is -1.57. The molecule has 0 fully saturated rings. The Labute approximate surface area is 96.9 Å². The van der Waals surface area contributed by atoms with Crippen molar-refractivity contribution in [3.63, 3.8) is 0 Å². The first-order valence-corrected chi connectivity index (χ1v) is 5.59. The van der Waals surface area contributed by atoms with E-state index in [4.69, 9.17) is 4.74 Å². The molecule has 0 radical (unpaired) electrons. The summed E-state index contributed by atoms with van der Waals surface area (Å²) in [6, 6.07) is 7.71.